The number of hydrogen-bond acceptors (Lipinski definition) is 3. The molecule has 0 radical (unpaired) electrons. The average molecular weight is 278 g/mol. The van der Waals surface area contributed by atoms with E-state index >= 15 is 0 Å². The number of halogens is 2. The maximum atomic E-state index is 13.3. The number of rotatable bonds is 2. The zero-order chi connectivity index (χ0) is 13.6. The molecule has 3 nitrogen and oxygen atoms in total. The second-order valence-corrected chi connectivity index (χ2v) is 4.95. The smallest absolute Gasteiger partial charge is 0.194 e. The van der Waals surface area contributed by atoms with Crippen molar-refractivity contribution < 1.29 is 13.6 Å². The van der Waals surface area contributed by atoms with Gasteiger partial charge in [-0.25, -0.2) is 13.8 Å². The predicted molar refractivity (Wildman–Crippen MR) is 68.4 cm³/mol. The van der Waals surface area contributed by atoms with Crippen LogP contribution in [0.3, 0.4) is 0 Å². The first kappa shape index (κ1) is 12.0. The molecule has 0 saturated heterocycles. The van der Waals surface area contributed by atoms with Gasteiger partial charge in [-0.3, -0.25) is 9.20 Å². The summed E-state index contributed by atoms with van der Waals surface area (Å²) in [5.74, 6) is -1.61. The Morgan fingerprint density at radius 1 is 1.26 bits per heavy atom. The van der Waals surface area contributed by atoms with Gasteiger partial charge in [-0.2, -0.15) is 0 Å². The summed E-state index contributed by atoms with van der Waals surface area (Å²) in [5, 5.41) is 1.80. The topological polar surface area (TPSA) is 34.4 Å². The van der Waals surface area contributed by atoms with Crippen LogP contribution in [-0.4, -0.2) is 15.2 Å². The van der Waals surface area contributed by atoms with Gasteiger partial charge in [0.2, 0.25) is 0 Å². The first-order valence-corrected chi connectivity index (χ1v) is 6.37. The lowest BCUT2D eigenvalue weighted by molar-refractivity contribution is 0.101. The number of carbonyl (C=O) groups excluding carboxylic acids is 1. The maximum absolute atomic E-state index is 13.3. The third-order valence-corrected chi connectivity index (χ3v) is 3.49. The Morgan fingerprint density at radius 2 is 1.95 bits per heavy atom. The van der Waals surface area contributed by atoms with Crippen molar-refractivity contribution in [1.82, 2.24) is 9.38 Å². The van der Waals surface area contributed by atoms with Gasteiger partial charge in [0, 0.05) is 30.1 Å². The number of hydrogen-bond donors (Lipinski definition) is 0. The van der Waals surface area contributed by atoms with Crippen molar-refractivity contribution in [2.24, 2.45) is 0 Å². The van der Waals surface area contributed by atoms with Crippen LogP contribution in [-0.2, 0) is 0 Å². The fraction of sp³-hybridized carbons (Fsp3) is 0.0769. The van der Waals surface area contributed by atoms with Crippen LogP contribution in [0.25, 0.3) is 16.2 Å². The Bertz CT molecular complexity index is 771. The van der Waals surface area contributed by atoms with Gasteiger partial charge in [-0.15, -0.1) is 11.3 Å². The summed E-state index contributed by atoms with van der Waals surface area (Å²) < 4.78 is 28.3. The highest BCUT2D eigenvalue weighted by Crippen LogP contribution is 2.29. The fourth-order valence-corrected chi connectivity index (χ4v) is 2.71. The molecule has 0 aliphatic carbocycles. The standard InChI is InChI=1S/C13H8F2N2OS/c1-7(18)11-12(17-2-3-19-13(17)16-11)8-4-9(14)6-10(15)5-8/h2-6H,1H3. The number of nitrogens with zero attached hydrogens (tertiary/aromatic N) is 2. The molecular weight excluding hydrogens is 270 g/mol. The second kappa shape index (κ2) is 4.24. The lowest BCUT2D eigenvalue weighted by Crippen LogP contribution is -1.97. The second-order valence-electron chi connectivity index (χ2n) is 4.08. The summed E-state index contributed by atoms with van der Waals surface area (Å²) in [7, 11) is 0. The third kappa shape index (κ3) is 1.94. The third-order valence-electron chi connectivity index (χ3n) is 2.73. The molecule has 0 spiro atoms. The van der Waals surface area contributed by atoms with E-state index in [4.69, 9.17) is 0 Å². The first-order chi connectivity index (χ1) is 9.06. The number of Topliss-reactive ketones (excluding diaryl/α,β-unsaturated/α-hetero) is 1. The molecule has 0 N–H and O–H groups in total. The zero-order valence-corrected chi connectivity index (χ0v) is 10.7. The van der Waals surface area contributed by atoms with E-state index in [1.54, 1.807) is 16.0 Å². The largest absolute Gasteiger partial charge is 0.293 e. The van der Waals surface area contributed by atoms with E-state index in [2.05, 4.69) is 4.98 Å². The summed E-state index contributed by atoms with van der Waals surface area (Å²) in [6.07, 6.45) is 1.72. The molecular formula is C13H8F2N2OS. The van der Waals surface area contributed by atoms with E-state index in [1.165, 1.54) is 30.4 Å². The quantitative estimate of drug-likeness (QED) is 0.672. The number of carbonyl (C=O) groups is 1. The number of ketones is 1. The van der Waals surface area contributed by atoms with Crippen molar-refractivity contribution >= 4 is 22.1 Å². The van der Waals surface area contributed by atoms with E-state index in [-0.39, 0.29) is 11.5 Å². The highest BCUT2D eigenvalue weighted by molar-refractivity contribution is 7.15. The van der Waals surface area contributed by atoms with E-state index in [0.29, 0.717) is 16.2 Å². The molecule has 0 unspecified atom stereocenters. The van der Waals surface area contributed by atoms with E-state index < -0.39 is 11.6 Å². The minimum atomic E-state index is -0.685. The van der Waals surface area contributed by atoms with Crippen LogP contribution in [0.4, 0.5) is 8.78 Å². The van der Waals surface area contributed by atoms with Crippen molar-refractivity contribution in [3.05, 3.63) is 47.1 Å². The molecule has 19 heavy (non-hydrogen) atoms. The van der Waals surface area contributed by atoms with E-state index in [9.17, 15) is 13.6 Å². The van der Waals surface area contributed by atoms with Crippen LogP contribution in [0.1, 0.15) is 17.4 Å². The molecule has 2 heterocycles. The summed E-state index contributed by atoms with van der Waals surface area (Å²) in [5.41, 5.74) is 0.938. The van der Waals surface area contributed by atoms with E-state index in [1.807, 2.05) is 0 Å². The molecule has 2 aromatic heterocycles. The first-order valence-electron chi connectivity index (χ1n) is 5.49. The summed E-state index contributed by atoms with van der Waals surface area (Å²) >= 11 is 1.35. The minimum absolute atomic E-state index is 0.219. The molecule has 0 amide bonds. The van der Waals surface area contributed by atoms with Gasteiger partial charge in [0.1, 0.15) is 17.3 Å². The monoisotopic (exact) mass is 278 g/mol. The van der Waals surface area contributed by atoms with Gasteiger partial charge >= 0.3 is 0 Å². The SMILES string of the molecule is CC(=O)c1nc2sccn2c1-c1cc(F)cc(F)c1. The molecule has 0 aliphatic heterocycles. The molecule has 6 heteroatoms. The number of benzene rings is 1. The molecule has 96 valence electrons. The fourth-order valence-electron chi connectivity index (χ4n) is 2.00. The Labute approximate surface area is 111 Å². The van der Waals surface area contributed by atoms with E-state index in [0.717, 1.165) is 6.07 Å². The van der Waals surface area contributed by atoms with Gasteiger partial charge in [-0.1, -0.05) is 0 Å². The van der Waals surface area contributed by atoms with Crippen LogP contribution in [0.5, 0.6) is 0 Å². The number of thiazole rings is 1. The number of imidazole rings is 1. The Balaban J connectivity index is 2.36. The summed E-state index contributed by atoms with van der Waals surface area (Å²) in [6, 6.07) is 3.18. The minimum Gasteiger partial charge on any atom is -0.293 e. The molecule has 1 aromatic carbocycles. The molecule has 0 saturated carbocycles. The molecule has 3 aromatic rings. The van der Waals surface area contributed by atoms with Crippen molar-refractivity contribution in [2.75, 3.05) is 0 Å². The molecule has 3 rings (SSSR count). The Hall–Kier alpha value is -2.08. The van der Waals surface area contributed by atoms with Crippen LogP contribution in [0.2, 0.25) is 0 Å². The molecule has 0 bridgehead atoms. The lowest BCUT2D eigenvalue weighted by atomic mass is 10.1. The zero-order valence-electron chi connectivity index (χ0n) is 9.85. The lowest BCUT2D eigenvalue weighted by Gasteiger charge is -2.03. The van der Waals surface area contributed by atoms with Crippen molar-refractivity contribution in [3.8, 4) is 11.3 Å². The number of aromatic nitrogens is 2. The molecule has 0 aliphatic rings. The van der Waals surface area contributed by atoms with Crippen molar-refractivity contribution in [3.63, 3.8) is 0 Å². The van der Waals surface area contributed by atoms with Crippen molar-refractivity contribution in [1.29, 1.82) is 0 Å². The predicted octanol–water partition coefficient (Wildman–Crippen LogP) is 3.54. The van der Waals surface area contributed by atoms with Crippen LogP contribution in [0.15, 0.2) is 29.8 Å². The number of fused-ring (bicyclic) bond motifs is 1. The normalized spacial score (nSPS) is 11.1. The van der Waals surface area contributed by atoms with Gasteiger partial charge in [0.05, 0.1) is 5.69 Å². The Kier molecular flexibility index (Phi) is 2.67. The highest BCUT2D eigenvalue weighted by Gasteiger charge is 2.19. The van der Waals surface area contributed by atoms with Crippen LogP contribution < -0.4 is 0 Å². The average Bonchev–Trinajstić information content (AvgIpc) is 2.85. The van der Waals surface area contributed by atoms with Gasteiger partial charge in [0.25, 0.3) is 0 Å². The van der Waals surface area contributed by atoms with Crippen LogP contribution >= 0.6 is 11.3 Å². The van der Waals surface area contributed by atoms with Crippen molar-refractivity contribution in [2.45, 2.75) is 6.92 Å². The summed E-state index contributed by atoms with van der Waals surface area (Å²) in [6.45, 7) is 1.38. The highest BCUT2D eigenvalue weighted by atomic mass is 32.1. The summed E-state index contributed by atoms with van der Waals surface area (Å²) in [4.78, 5) is 16.4. The van der Waals surface area contributed by atoms with Gasteiger partial charge < -0.3 is 0 Å². The Morgan fingerprint density at radius 3 is 2.58 bits per heavy atom. The molecule has 0 fully saturated rings. The molecule has 0 atom stereocenters. The van der Waals surface area contributed by atoms with Gasteiger partial charge in [0.15, 0.2) is 10.7 Å². The maximum Gasteiger partial charge on any atom is 0.194 e. The van der Waals surface area contributed by atoms with Gasteiger partial charge in [-0.05, 0) is 12.1 Å². The van der Waals surface area contributed by atoms with Crippen LogP contribution in [0, 0.1) is 11.6 Å².